The van der Waals surface area contributed by atoms with Crippen molar-refractivity contribution in [1.29, 1.82) is 0 Å². The highest BCUT2D eigenvalue weighted by Gasteiger charge is 2.27. The molecule has 0 aliphatic heterocycles. The molecule has 642 valence electrons. The van der Waals surface area contributed by atoms with Gasteiger partial charge in [-0.15, -0.1) is 0 Å². The van der Waals surface area contributed by atoms with Crippen molar-refractivity contribution in [3.8, 4) is 28.7 Å². The number of fused-ring (bicyclic) bond motifs is 5. The topological polar surface area (TPSA) is 318 Å². The first-order valence-electron chi connectivity index (χ1n) is 39.4. The number of hydrogen-bond donors (Lipinski definition) is 8. The van der Waals surface area contributed by atoms with Crippen molar-refractivity contribution in [3.05, 3.63) is 161 Å². The molecule has 0 atom stereocenters. The Kier molecular flexibility index (Phi) is 39.0. The quantitative estimate of drug-likeness (QED) is 0.0194. The highest BCUT2D eigenvalue weighted by Crippen LogP contribution is 2.40. The molecule has 0 fully saturated rings. The molecule has 5 heterocycles. The van der Waals surface area contributed by atoms with E-state index in [1.54, 1.807) is 22.8 Å². The third-order valence-corrected chi connectivity index (χ3v) is 21.2. The standard InChI is InChI=1S/C19H27Cl2N3O2.C18H25Cl2N3O2.C16H21Cl2N3O2.C15H19Cl2N3O2.C14H17Cl2N3O2/c1-5-7-23(8-6-2)11-15-22-17-16(13(20)9-14(21)18(17)25)19(26)24(15)10-12(3)4;1-5-7-22(8-6-2)10-14-21-16-15(18(25)23(14)11(3)4)12(19)9-13(20)17(16)24;1-4-5-19-7-12-20-14-13(10(17)6-11(18)15(14)22)16(23)21(12)8-9(2)3;1-4-5-18-7-11-19-13-12(15(22)20(11)8(2)3)9(16)6-10(17)14(13)21;1-4-17-6-10-18-12-11(14(21)19(10)7(2)3)8(15)5-9(16)13(12)20/h9,12,25H,5-8,10-11H2,1-4H3;9,11,24H,5-8,10H2,1-4H3;6,9,19,22H,4-5,7-8H2,1-3H3;6,8,18,21H,4-5,7H2,1-3H3;5,7,17,20H,4,6H2,1-3H3. The molecule has 0 aliphatic carbocycles. The molecule has 0 bridgehead atoms. The van der Waals surface area contributed by atoms with Gasteiger partial charge in [0.15, 0.2) is 28.7 Å². The molecule has 0 aliphatic rings. The molecule has 0 saturated heterocycles. The SMILES string of the molecule is CCCN(CCC)Cc1nc2c(O)c(Cl)cc(Cl)c2c(=O)n1C(C)C.CCCN(CCC)Cc1nc2c(O)c(Cl)cc(Cl)c2c(=O)n1CC(C)C.CCCNCc1nc2c(O)c(Cl)cc(Cl)c2c(=O)n1C(C)C.CCCNCc1nc2c(O)c(Cl)cc(Cl)c2c(=O)n1CC(C)C.CCNCc1nc2c(O)c(Cl)cc(Cl)c2c(=O)n1C(C)C. The van der Waals surface area contributed by atoms with Crippen LogP contribution in [0.4, 0.5) is 0 Å². The van der Waals surface area contributed by atoms with Crippen LogP contribution in [0.2, 0.25) is 50.2 Å². The van der Waals surface area contributed by atoms with Crippen molar-refractivity contribution >= 4 is 171 Å². The Morgan fingerprint density at radius 1 is 0.325 bits per heavy atom. The minimum absolute atomic E-state index is 0.0709. The van der Waals surface area contributed by atoms with Crippen LogP contribution in [0, 0.1) is 11.8 Å². The first-order chi connectivity index (χ1) is 55.2. The van der Waals surface area contributed by atoms with Crippen LogP contribution in [0.3, 0.4) is 0 Å². The molecule has 5 aromatic heterocycles. The summed E-state index contributed by atoms with van der Waals surface area (Å²) in [6.07, 6.45) is 6.02. The van der Waals surface area contributed by atoms with Crippen molar-refractivity contribution in [3.63, 3.8) is 0 Å². The molecule has 0 amide bonds. The molecule has 25 nitrogen and oxygen atoms in total. The van der Waals surface area contributed by atoms with Crippen LogP contribution in [0.25, 0.3) is 54.5 Å². The molecule has 117 heavy (non-hydrogen) atoms. The predicted octanol–water partition coefficient (Wildman–Crippen LogP) is 19.5. The Labute approximate surface area is 732 Å². The average Bonchev–Trinajstić information content (AvgIpc) is 0.785. The van der Waals surface area contributed by atoms with Crippen LogP contribution in [0.15, 0.2) is 54.3 Å². The molecule has 0 radical (unpaired) electrons. The van der Waals surface area contributed by atoms with Crippen molar-refractivity contribution < 1.29 is 25.5 Å². The summed E-state index contributed by atoms with van der Waals surface area (Å²) in [5.41, 5.74) is -0.503. The van der Waals surface area contributed by atoms with Crippen LogP contribution in [0.5, 0.6) is 28.7 Å². The number of nitrogens with zero attached hydrogens (tertiary/aromatic N) is 12. The van der Waals surface area contributed by atoms with Gasteiger partial charge in [-0.3, -0.25) is 56.6 Å². The fourth-order valence-corrected chi connectivity index (χ4v) is 15.9. The summed E-state index contributed by atoms with van der Waals surface area (Å²) in [6, 6.07) is 6.66. The van der Waals surface area contributed by atoms with E-state index in [4.69, 9.17) is 116 Å². The van der Waals surface area contributed by atoms with Gasteiger partial charge in [-0.05, 0) is 168 Å². The maximum atomic E-state index is 13.1. The van der Waals surface area contributed by atoms with E-state index >= 15 is 0 Å². The molecular formula is C82H109Cl10N15O10. The Morgan fingerprint density at radius 3 is 0.838 bits per heavy atom. The van der Waals surface area contributed by atoms with Crippen LogP contribution in [-0.4, -0.2) is 129 Å². The van der Waals surface area contributed by atoms with Gasteiger partial charge in [-0.25, -0.2) is 24.9 Å². The number of rotatable bonds is 30. The number of phenols is 5. The molecule has 8 N–H and O–H groups in total. The Hall–Kier alpha value is -6.50. The Morgan fingerprint density at radius 2 is 0.564 bits per heavy atom. The third kappa shape index (κ3) is 24.4. The first kappa shape index (κ1) is 99.3. The fourth-order valence-electron chi connectivity index (χ4n) is 13.2. The average molecular weight is 1820 g/mol. The third-order valence-electron chi connectivity index (χ3n) is 18.3. The number of benzene rings is 5. The second-order valence-electron chi connectivity index (χ2n) is 29.8. The minimum atomic E-state index is -0.278. The smallest absolute Gasteiger partial charge is 0.263 e. The number of nitrogens with one attached hydrogen (secondary N) is 3. The van der Waals surface area contributed by atoms with E-state index in [9.17, 15) is 49.5 Å². The molecule has 35 heteroatoms. The summed E-state index contributed by atoms with van der Waals surface area (Å²) in [5.74, 6) is 2.41. The maximum Gasteiger partial charge on any atom is 0.263 e. The molecule has 5 aromatic carbocycles. The minimum Gasteiger partial charge on any atom is -0.504 e. The van der Waals surface area contributed by atoms with Gasteiger partial charge in [0.1, 0.15) is 56.7 Å². The summed E-state index contributed by atoms with van der Waals surface area (Å²) in [6.45, 7) is 43.7. The number of halogens is 10. The molecule has 0 saturated carbocycles. The largest absolute Gasteiger partial charge is 0.504 e. The summed E-state index contributed by atoms with van der Waals surface area (Å²) in [5, 5.41) is 63.0. The van der Waals surface area contributed by atoms with Gasteiger partial charge < -0.3 is 41.5 Å². The number of aromatic nitrogens is 10. The van der Waals surface area contributed by atoms with Gasteiger partial charge in [0, 0.05) is 31.2 Å². The van der Waals surface area contributed by atoms with E-state index in [0.717, 1.165) is 84.3 Å². The molecular weight excluding hydrogens is 1710 g/mol. The van der Waals surface area contributed by atoms with Gasteiger partial charge in [-0.2, -0.15) is 0 Å². The van der Waals surface area contributed by atoms with Crippen molar-refractivity contribution in [2.24, 2.45) is 11.8 Å². The summed E-state index contributed by atoms with van der Waals surface area (Å²) in [7, 11) is 0. The zero-order chi connectivity index (χ0) is 87.5. The number of hydrogen-bond acceptors (Lipinski definition) is 20. The van der Waals surface area contributed by atoms with Crippen LogP contribution in [0.1, 0.15) is 203 Å². The first-order valence-corrected chi connectivity index (χ1v) is 43.2. The normalized spacial score (nSPS) is 11.7. The van der Waals surface area contributed by atoms with Gasteiger partial charge in [0.25, 0.3) is 27.8 Å². The lowest BCUT2D eigenvalue weighted by Crippen LogP contribution is -2.33. The van der Waals surface area contributed by atoms with Crippen LogP contribution < -0.4 is 43.7 Å². The van der Waals surface area contributed by atoms with Gasteiger partial charge in [-0.1, -0.05) is 192 Å². The van der Waals surface area contributed by atoms with Gasteiger partial charge in [0.2, 0.25) is 0 Å². The highest BCUT2D eigenvalue weighted by atomic mass is 35.5. The second kappa shape index (κ2) is 45.9. The summed E-state index contributed by atoms with van der Waals surface area (Å²) < 4.78 is 8.12. The van der Waals surface area contributed by atoms with Crippen molar-refractivity contribution in [1.82, 2.24) is 73.5 Å². The lowest BCUT2D eigenvalue weighted by molar-refractivity contribution is 0.252. The monoisotopic (exact) mass is 1810 g/mol. The molecule has 0 spiro atoms. The van der Waals surface area contributed by atoms with Gasteiger partial charge in [0.05, 0.1) is 110 Å². The van der Waals surface area contributed by atoms with Crippen molar-refractivity contribution in [2.45, 2.75) is 220 Å². The summed E-state index contributed by atoms with van der Waals surface area (Å²) in [4.78, 5) is 91.5. The zero-order valence-corrected chi connectivity index (χ0v) is 76.9. The van der Waals surface area contributed by atoms with E-state index in [0.29, 0.717) is 74.9 Å². The van der Waals surface area contributed by atoms with E-state index in [1.165, 1.54) is 30.3 Å². The Bertz CT molecular complexity index is 5450. The Balaban J connectivity index is 0.000000228. The lowest BCUT2D eigenvalue weighted by Gasteiger charge is -2.24. The maximum absolute atomic E-state index is 13.1. The van der Waals surface area contributed by atoms with Crippen molar-refractivity contribution in [2.75, 3.05) is 45.8 Å². The summed E-state index contributed by atoms with van der Waals surface area (Å²) >= 11 is 60.7. The van der Waals surface area contributed by atoms with E-state index in [2.05, 4.69) is 106 Å². The number of phenolic OH excluding ortho intramolecular Hbond substituents is 5. The molecule has 10 rings (SSSR count). The van der Waals surface area contributed by atoms with E-state index in [-0.39, 0.29) is 191 Å². The molecule has 0 unspecified atom stereocenters. The second-order valence-corrected chi connectivity index (χ2v) is 33.9. The van der Waals surface area contributed by atoms with E-state index < -0.39 is 0 Å². The van der Waals surface area contributed by atoms with Crippen LogP contribution >= 0.6 is 116 Å². The fraction of sp³-hybridized carbons (Fsp3) is 0.512. The zero-order valence-electron chi connectivity index (χ0n) is 69.3. The highest BCUT2D eigenvalue weighted by molar-refractivity contribution is 6.42. The van der Waals surface area contributed by atoms with Crippen LogP contribution in [-0.2, 0) is 45.8 Å². The number of aromatic hydroxyl groups is 5. The lowest BCUT2D eigenvalue weighted by atomic mass is 10.2. The van der Waals surface area contributed by atoms with Gasteiger partial charge >= 0.3 is 0 Å². The molecule has 10 aromatic rings. The van der Waals surface area contributed by atoms with E-state index in [1.807, 2.05) is 62.3 Å². The predicted molar refractivity (Wildman–Crippen MR) is 482 cm³/mol.